The Morgan fingerprint density at radius 1 is 1.29 bits per heavy atom. The summed E-state index contributed by atoms with van der Waals surface area (Å²) < 4.78 is 5.31. The van der Waals surface area contributed by atoms with Crippen LogP contribution in [0.3, 0.4) is 0 Å². The van der Waals surface area contributed by atoms with Gasteiger partial charge in [0.25, 0.3) is 0 Å². The summed E-state index contributed by atoms with van der Waals surface area (Å²) in [5.41, 5.74) is 0.244. The summed E-state index contributed by atoms with van der Waals surface area (Å²) >= 11 is 0. The van der Waals surface area contributed by atoms with Crippen LogP contribution in [0.1, 0.15) is 41.5 Å². The van der Waals surface area contributed by atoms with E-state index in [-0.39, 0.29) is 36.4 Å². The van der Waals surface area contributed by atoms with Crippen LogP contribution in [0.4, 0.5) is 0 Å². The summed E-state index contributed by atoms with van der Waals surface area (Å²) in [5, 5.41) is 9.62. The lowest BCUT2D eigenvalue weighted by molar-refractivity contribution is -0.147. The molecule has 0 fully saturated rings. The zero-order valence-corrected chi connectivity index (χ0v) is 11.9. The van der Waals surface area contributed by atoms with Crippen LogP contribution in [-0.4, -0.2) is 24.3 Å². The molecule has 0 saturated heterocycles. The number of carbonyl (C=O) groups excluding carboxylic acids is 1. The van der Waals surface area contributed by atoms with Crippen LogP contribution in [0.2, 0.25) is 0 Å². The van der Waals surface area contributed by atoms with Gasteiger partial charge in [-0.1, -0.05) is 33.8 Å². The van der Waals surface area contributed by atoms with Gasteiger partial charge in [-0.3, -0.25) is 0 Å². The summed E-state index contributed by atoms with van der Waals surface area (Å²) in [6, 6.07) is 0. The van der Waals surface area contributed by atoms with Crippen LogP contribution in [0.15, 0.2) is 11.6 Å². The molecular formula is C14H26O3. The molecule has 0 heterocycles. The molecule has 100 valence electrons. The van der Waals surface area contributed by atoms with Gasteiger partial charge in [-0.25, -0.2) is 4.79 Å². The second-order valence-electron chi connectivity index (χ2n) is 5.25. The van der Waals surface area contributed by atoms with E-state index in [2.05, 4.69) is 0 Å². The molecule has 0 aliphatic carbocycles. The van der Waals surface area contributed by atoms with Gasteiger partial charge in [0.05, 0.1) is 13.2 Å². The van der Waals surface area contributed by atoms with Crippen molar-refractivity contribution in [2.75, 3.05) is 13.2 Å². The van der Waals surface area contributed by atoms with Crippen molar-refractivity contribution in [2.45, 2.75) is 41.5 Å². The number of esters is 1. The second-order valence-corrected chi connectivity index (χ2v) is 5.25. The van der Waals surface area contributed by atoms with Crippen molar-refractivity contribution in [3.63, 3.8) is 0 Å². The lowest BCUT2D eigenvalue weighted by atomic mass is 9.70. The molecule has 0 atom stereocenters. The van der Waals surface area contributed by atoms with Gasteiger partial charge in [0.2, 0.25) is 0 Å². The van der Waals surface area contributed by atoms with Gasteiger partial charge in [-0.15, -0.1) is 0 Å². The molecule has 3 nitrogen and oxygen atoms in total. The van der Waals surface area contributed by atoms with Crippen LogP contribution in [0.25, 0.3) is 0 Å². The molecule has 1 N–H and O–H groups in total. The van der Waals surface area contributed by atoms with E-state index in [4.69, 9.17) is 4.74 Å². The van der Waals surface area contributed by atoms with Gasteiger partial charge >= 0.3 is 5.97 Å². The van der Waals surface area contributed by atoms with Crippen LogP contribution < -0.4 is 0 Å². The zero-order chi connectivity index (χ0) is 13.6. The highest BCUT2D eigenvalue weighted by atomic mass is 16.5. The predicted molar refractivity (Wildman–Crippen MR) is 69.6 cm³/mol. The maximum atomic E-state index is 11.6. The van der Waals surface area contributed by atoms with Crippen molar-refractivity contribution in [1.29, 1.82) is 0 Å². The third-order valence-corrected chi connectivity index (χ3v) is 3.82. The number of hydrogen-bond donors (Lipinski definition) is 1. The predicted octanol–water partition coefficient (Wildman–Crippen LogP) is 2.79. The molecular weight excluding hydrogens is 216 g/mol. The summed E-state index contributed by atoms with van der Waals surface area (Å²) in [6.07, 6.45) is 1.73. The number of aliphatic hydroxyl groups is 1. The molecule has 0 saturated carbocycles. The van der Waals surface area contributed by atoms with Crippen molar-refractivity contribution in [2.24, 2.45) is 17.3 Å². The summed E-state index contributed by atoms with van der Waals surface area (Å²) in [6.45, 7) is 12.0. The first-order chi connectivity index (χ1) is 7.81. The standard InChI is InChI=1S/C14H26O3/c1-7-12(6)13(16)17-9-14(8-15,10(2)3)11(4)5/h7,10-11,15H,8-9H2,1-6H3. The minimum Gasteiger partial charge on any atom is -0.462 e. The third-order valence-electron chi connectivity index (χ3n) is 3.82. The van der Waals surface area contributed by atoms with Crippen molar-refractivity contribution >= 4 is 5.97 Å². The monoisotopic (exact) mass is 242 g/mol. The summed E-state index contributed by atoms with van der Waals surface area (Å²) in [7, 11) is 0. The van der Waals surface area contributed by atoms with Gasteiger partial charge in [-0.05, 0) is 25.7 Å². The quantitative estimate of drug-likeness (QED) is 0.575. The number of allylic oxidation sites excluding steroid dienone is 1. The van der Waals surface area contributed by atoms with Gasteiger partial charge in [-0.2, -0.15) is 0 Å². The first-order valence-electron chi connectivity index (χ1n) is 6.22. The largest absolute Gasteiger partial charge is 0.462 e. The Morgan fingerprint density at radius 3 is 2.06 bits per heavy atom. The molecule has 0 spiro atoms. The fraction of sp³-hybridized carbons (Fsp3) is 0.786. The van der Waals surface area contributed by atoms with Crippen molar-refractivity contribution in [3.05, 3.63) is 11.6 Å². The fourth-order valence-electron chi connectivity index (χ4n) is 1.84. The summed E-state index contributed by atoms with van der Waals surface area (Å²) in [4.78, 5) is 11.6. The summed E-state index contributed by atoms with van der Waals surface area (Å²) in [5.74, 6) is 0.212. The van der Waals surface area contributed by atoms with E-state index in [1.165, 1.54) is 0 Å². The maximum Gasteiger partial charge on any atom is 0.333 e. The highest BCUT2D eigenvalue weighted by Crippen LogP contribution is 2.35. The number of aliphatic hydroxyl groups excluding tert-OH is 1. The molecule has 0 rings (SSSR count). The smallest absolute Gasteiger partial charge is 0.333 e. The molecule has 0 aliphatic heterocycles. The van der Waals surface area contributed by atoms with E-state index in [0.717, 1.165) is 0 Å². The molecule has 0 unspecified atom stereocenters. The number of hydrogen-bond acceptors (Lipinski definition) is 3. The Hall–Kier alpha value is -0.830. The minimum atomic E-state index is -0.357. The molecule has 0 radical (unpaired) electrons. The van der Waals surface area contributed by atoms with Crippen LogP contribution >= 0.6 is 0 Å². The second kappa shape index (κ2) is 6.80. The van der Waals surface area contributed by atoms with Crippen molar-refractivity contribution < 1.29 is 14.6 Å². The Labute approximate surface area is 105 Å². The van der Waals surface area contributed by atoms with Crippen LogP contribution in [-0.2, 0) is 9.53 Å². The molecule has 0 aliphatic rings. The van der Waals surface area contributed by atoms with E-state index in [1.54, 1.807) is 19.9 Å². The molecule has 0 bridgehead atoms. The van der Waals surface area contributed by atoms with Gasteiger partial charge < -0.3 is 9.84 Å². The topological polar surface area (TPSA) is 46.5 Å². The fourth-order valence-corrected chi connectivity index (χ4v) is 1.84. The lowest BCUT2D eigenvalue weighted by Crippen LogP contribution is -2.42. The highest BCUT2D eigenvalue weighted by Gasteiger charge is 2.38. The average Bonchev–Trinajstić information content (AvgIpc) is 2.28. The zero-order valence-electron chi connectivity index (χ0n) is 11.9. The van der Waals surface area contributed by atoms with Gasteiger partial charge in [0.1, 0.15) is 0 Å². The van der Waals surface area contributed by atoms with Gasteiger partial charge in [0.15, 0.2) is 0 Å². The normalized spacial score (nSPS) is 13.4. The van der Waals surface area contributed by atoms with E-state index in [9.17, 15) is 9.90 Å². The van der Waals surface area contributed by atoms with Crippen molar-refractivity contribution in [3.8, 4) is 0 Å². The van der Waals surface area contributed by atoms with Crippen LogP contribution in [0, 0.1) is 17.3 Å². The molecule has 0 amide bonds. The average molecular weight is 242 g/mol. The van der Waals surface area contributed by atoms with Crippen molar-refractivity contribution in [1.82, 2.24) is 0 Å². The number of ether oxygens (including phenoxy) is 1. The molecule has 17 heavy (non-hydrogen) atoms. The molecule has 3 heteroatoms. The third kappa shape index (κ3) is 3.84. The van der Waals surface area contributed by atoms with E-state index < -0.39 is 0 Å². The Morgan fingerprint density at radius 2 is 1.76 bits per heavy atom. The maximum absolute atomic E-state index is 11.6. The van der Waals surface area contributed by atoms with E-state index >= 15 is 0 Å². The van der Waals surface area contributed by atoms with E-state index in [1.807, 2.05) is 27.7 Å². The number of carbonyl (C=O) groups is 1. The first kappa shape index (κ1) is 16.2. The van der Waals surface area contributed by atoms with Gasteiger partial charge in [0, 0.05) is 11.0 Å². The molecule has 0 aromatic rings. The molecule has 0 aromatic heterocycles. The molecule has 0 aromatic carbocycles. The lowest BCUT2D eigenvalue weighted by Gasteiger charge is -2.39. The Kier molecular flexibility index (Phi) is 6.46. The SMILES string of the molecule is CC=C(C)C(=O)OCC(CO)(C(C)C)C(C)C. The minimum absolute atomic E-state index is 0.0322. The highest BCUT2D eigenvalue weighted by molar-refractivity contribution is 5.87. The first-order valence-corrected chi connectivity index (χ1v) is 6.22. The van der Waals surface area contributed by atoms with E-state index in [0.29, 0.717) is 5.57 Å². The van der Waals surface area contributed by atoms with Crippen LogP contribution in [0.5, 0.6) is 0 Å². The number of rotatable bonds is 6. The Bertz CT molecular complexity index is 269. The Balaban J connectivity index is 4.74.